The number of pyridine rings is 1. The average Bonchev–Trinajstić information content (AvgIpc) is 3.44. The molecule has 0 saturated carbocycles. The first kappa shape index (κ1) is 26.9. The van der Waals surface area contributed by atoms with Crippen molar-refractivity contribution in [1.82, 2.24) is 9.58 Å². The van der Waals surface area contributed by atoms with Crippen molar-refractivity contribution in [3.8, 4) is 5.75 Å². The molecule has 2 saturated heterocycles. The fourth-order valence-electron chi connectivity index (χ4n) is 5.92. The monoisotopic (exact) mass is 597 g/mol. The third-order valence-electron chi connectivity index (χ3n) is 7.87. The molecule has 3 atom stereocenters. The van der Waals surface area contributed by atoms with Crippen molar-refractivity contribution in [2.24, 2.45) is 0 Å². The highest BCUT2D eigenvalue weighted by atomic mass is 32.2. The van der Waals surface area contributed by atoms with Crippen LogP contribution in [-0.4, -0.2) is 66.9 Å². The minimum absolute atomic E-state index is 0.113. The summed E-state index contributed by atoms with van der Waals surface area (Å²) in [6, 6.07) is 10.6. The van der Waals surface area contributed by atoms with E-state index in [2.05, 4.69) is 0 Å². The molecule has 0 bridgehead atoms. The van der Waals surface area contributed by atoms with Gasteiger partial charge in [0.25, 0.3) is 5.91 Å². The first-order valence-electron chi connectivity index (χ1n) is 13.5. The first-order valence-corrected chi connectivity index (χ1v) is 14.5. The number of halogens is 2. The number of rotatable bonds is 3. The number of hydrogen-bond donors (Lipinski definition) is 0. The molecule has 4 aliphatic heterocycles. The Labute approximate surface area is 242 Å². The zero-order valence-electron chi connectivity index (χ0n) is 22.2. The Morgan fingerprint density at radius 2 is 1.83 bits per heavy atom. The molecule has 13 heteroatoms. The molecular weight excluding hydrogens is 572 g/mol. The number of aromatic nitrogens is 1. The summed E-state index contributed by atoms with van der Waals surface area (Å²) in [5, 5.41) is 1.80. The summed E-state index contributed by atoms with van der Waals surface area (Å²) in [7, 11) is 0. The molecule has 218 valence electrons. The lowest BCUT2D eigenvalue weighted by Gasteiger charge is -2.51. The zero-order valence-corrected chi connectivity index (χ0v) is 23.0. The highest BCUT2D eigenvalue weighted by molar-refractivity contribution is 7.98. The van der Waals surface area contributed by atoms with Gasteiger partial charge in [-0.1, -0.05) is 24.3 Å². The number of benzene rings is 2. The zero-order chi connectivity index (χ0) is 29.0. The van der Waals surface area contributed by atoms with E-state index in [-0.39, 0.29) is 43.4 Å². The second-order valence-electron chi connectivity index (χ2n) is 10.3. The summed E-state index contributed by atoms with van der Waals surface area (Å²) in [5.74, 6) is -2.73. The van der Waals surface area contributed by atoms with Crippen LogP contribution in [0.4, 0.5) is 13.6 Å². The average molecular weight is 598 g/mol. The molecule has 1 amide bonds. The van der Waals surface area contributed by atoms with Crippen molar-refractivity contribution >= 4 is 23.8 Å². The number of carbonyl (C=O) groups excluding carboxylic acids is 2. The van der Waals surface area contributed by atoms with Gasteiger partial charge in [-0.05, 0) is 23.3 Å². The molecular formula is C29H25F2N3O7S. The van der Waals surface area contributed by atoms with Gasteiger partial charge in [0.1, 0.15) is 12.3 Å². The van der Waals surface area contributed by atoms with Gasteiger partial charge >= 0.3 is 6.16 Å². The van der Waals surface area contributed by atoms with E-state index in [0.29, 0.717) is 18.6 Å². The van der Waals surface area contributed by atoms with Gasteiger partial charge in [0, 0.05) is 41.4 Å². The number of amides is 1. The molecule has 2 aromatic carbocycles. The van der Waals surface area contributed by atoms with Gasteiger partial charge in [0.05, 0.1) is 32.5 Å². The molecule has 5 heterocycles. The summed E-state index contributed by atoms with van der Waals surface area (Å²) in [5.41, 5.74) is 0.617. The number of hydrogen-bond acceptors (Lipinski definition) is 9. The van der Waals surface area contributed by atoms with E-state index in [1.165, 1.54) is 28.7 Å². The maximum Gasteiger partial charge on any atom is 0.514 e. The van der Waals surface area contributed by atoms with Crippen LogP contribution in [0.1, 0.15) is 39.6 Å². The fourth-order valence-corrected chi connectivity index (χ4v) is 7.03. The second kappa shape index (κ2) is 10.7. The van der Waals surface area contributed by atoms with Gasteiger partial charge in [0.15, 0.2) is 17.3 Å². The van der Waals surface area contributed by atoms with Crippen LogP contribution >= 0.6 is 11.8 Å². The number of morpholine rings is 1. The van der Waals surface area contributed by atoms with E-state index in [9.17, 15) is 18.8 Å². The van der Waals surface area contributed by atoms with Crippen molar-refractivity contribution in [3.05, 3.63) is 92.9 Å². The van der Waals surface area contributed by atoms with E-state index in [1.807, 2.05) is 24.3 Å². The maximum absolute atomic E-state index is 15.3. The van der Waals surface area contributed by atoms with Gasteiger partial charge in [-0.15, -0.1) is 11.8 Å². The molecule has 3 aromatic rings. The molecule has 2 fully saturated rings. The lowest BCUT2D eigenvalue weighted by atomic mass is 9.93. The Kier molecular flexibility index (Phi) is 6.87. The van der Waals surface area contributed by atoms with E-state index >= 15 is 4.39 Å². The number of carbonyl (C=O) groups is 2. The predicted molar refractivity (Wildman–Crippen MR) is 145 cm³/mol. The molecule has 0 aliphatic carbocycles. The third-order valence-corrected chi connectivity index (χ3v) is 8.98. The smallest absolute Gasteiger partial charge is 0.428 e. The summed E-state index contributed by atoms with van der Waals surface area (Å²) in [4.78, 5) is 42.2. The quantitative estimate of drug-likeness (QED) is 0.420. The Bertz CT molecular complexity index is 1640. The van der Waals surface area contributed by atoms with Gasteiger partial charge < -0.3 is 23.8 Å². The Morgan fingerprint density at radius 3 is 2.67 bits per heavy atom. The lowest BCUT2D eigenvalue weighted by molar-refractivity contribution is -0.0199. The van der Waals surface area contributed by atoms with Crippen molar-refractivity contribution in [3.63, 3.8) is 0 Å². The van der Waals surface area contributed by atoms with Gasteiger partial charge in [0.2, 0.25) is 11.2 Å². The first-order chi connectivity index (χ1) is 20.4. The molecule has 10 nitrogen and oxygen atoms in total. The van der Waals surface area contributed by atoms with Crippen LogP contribution in [0.3, 0.4) is 0 Å². The topological polar surface area (TPSA) is 99.5 Å². The predicted octanol–water partition coefficient (Wildman–Crippen LogP) is 3.58. The summed E-state index contributed by atoms with van der Waals surface area (Å²) >= 11 is 1.38. The van der Waals surface area contributed by atoms with Gasteiger partial charge in [-0.2, -0.15) is 0 Å². The molecule has 4 aliphatic rings. The minimum Gasteiger partial charge on any atom is -0.428 e. The van der Waals surface area contributed by atoms with Crippen LogP contribution in [0.15, 0.2) is 58.4 Å². The molecule has 0 spiro atoms. The highest BCUT2D eigenvalue weighted by Gasteiger charge is 2.46. The van der Waals surface area contributed by atoms with Crippen LogP contribution in [0, 0.1) is 11.6 Å². The van der Waals surface area contributed by atoms with Gasteiger partial charge in [-0.3, -0.25) is 19.3 Å². The summed E-state index contributed by atoms with van der Waals surface area (Å²) < 4.78 is 53.0. The third kappa shape index (κ3) is 4.43. The molecule has 7 rings (SSSR count). The van der Waals surface area contributed by atoms with Crippen molar-refractivity contribution in [2.75, 3.05) is 38.0 Å². The summed E-state index contributed by atoms with van der Waals surface area (Å²) in [6.07, 6.45) is -0.427. The number of ether oxygens (including phenoxy) is 4. The molecule has 0 radical (unpaired) electrons. The fraction of sp³-hybridized carbons (Fsp3) is 0.345. The Morgan fingerprint density at radius 1 is 1.00 bits per heavy atom. The Balaban J connectivity index is 1.42. The standard InChI is InChI=1S/C29H25F2N3O7S/c30-20-6-5-17-19(24(20)31)15-42-22-4-2-1-3-18(22)25(17)34-23-14-39-12-10-32(23)28(36)26-27(21(35)7-9-33(26)34)41-29(37)40-16-8-11-38-13-16/h1-7,9,16,23,25H,8,10-15H2/t16-,23+,25-/m0/s1. The van der Waals surface area contributed by atoms with Crippen LogP contribution < -0.4 is 15.2 Å². The molecule has 42 heavy (non-hydrogen) atoms. The molecule has 0 N–H and O–H groups in total. The van der Waals surface area contributed by atoms with E-state index in [1.54, 1.807) is 16.0 Å². The largest absolute Gasteiger partial charge is 0.514 e. The molecule has 1 aromatic heterocycles. The number of nitrogens with zero attached hydrogens (tertiary/aromatic N) is 3. The van der Waals surface area contributed by atoms with Crippen molar-refractivity contribution in [1.29, 1.82) is 0 Å². The van der Waals surface area contributed by atoms with Crippen molar-refractivity contribution in [2.45, 2.75) is 35.4 Å². The Hall–Kier alpha value is -3.94. The number of thioether (sulfide) groups is 1. The normalized spacial score (nSPS) is 22.9. The lowest BCUT2D eigenvalue weighted by Crippen LogP contribution is -2.66. The SMILES string of the molecule is O=C(Oc1c2n(ccc1=O)N([C@@H]1c3ccccc3SCc3c1ccc(F)c3F)[C@@H]1COCCN1C2=O)O[C@H]1CCOC1. The van der Waals surface area contributed by atoms with Gasteiger partial charge in [-0.25, -0.2) is 13.6 Å². The number of fused-ring (bicyclic) bond motifs is 4. The van der Waals surface area contributed by atoms with E-state index < -0.39 is 53.2 Å². The maximum atomic E-state index is 15.3. The van der Waals surface area contributed by atoms with E-state index in [0.717, 1.165) is 16.5 Å². The van der Waals surface area contributed by atoms with Crippen LogP contribution in [0.5, 0.6) is 5.75 Å². The summed E-state index contributed by atoms with van der Waals surface area (Å²) in [6.45, 7) is 1.20. The van der Waals surface area contributed by atoms with Crippen LogP contribution in [0.2, 0.25) is 0 Å². The molecule has 0 unspecified atom stereocenters. The van der Waals surface area contributed by atoms with E-state index in [4.69, 9.17) is 18.9 Å². The minimum atomic E-state index is -1.13. The van der Waals surface area contributed by atoms with Crippen LogP contribution in [0.25, 0.3) is 0 Å². The van der Waals surface area contributed by atoms with Crippen LogP contribution in [-0.2, 0) is 20.0 Å². The highest BCUT2D eigenvalue weighted by Crippen LogP contribution is 2.45. The second-order valence-corrected chi connectivity index (χ2v) is 11.3. The van der Waals surface area contributed by atoms with Crippen molar-refractivity contribution < 1.29 is 37.3 Å².